The predicted molar refractivity (Wildman–Crippen MR) is 87.9 cm³/mol. The van der Waals surface area contributed by atoms with Gasteiger partial charge in [0.25, 0.3) is 0 Å². The predicted octanol–water partition coefficient (Wildman–Crippen LogP) is 1.36. The molecule has 0 amide bonds. The second-order valence-electron chi connectivity index (χ2n) is 7.27. The molecular weight excluding hydrogens is 290 g/mol. The molecule has 2 heterocycles. The number of nitrogens with zero attached hydrogens (tertiary/aromatic N) is 1. The number of hydrogen-bond donors (Lipinski definition) is 2. The summed E-state index contributed by atoms with van der Waals surface area (Å²) in [7, 11) is 2.08. The van der Waals surface area contributed by atoms with Gasteiger partial charge in [0.05, 0.1) is 12.2 Å². The van der Waals surface area contributed by atoms with Crippen molar-refractivity contribution in [1.82, 2.24) is 4.90 Å². The van der Waals surface area contributed by atoms with Gasteiger partial charge in [0, 0.05) is 24.9 Å². The molecule has 0 aromatic heterocycles. The van der Waals surface area contributed by atoms with E-state index in [-0.39, 0.29) is 18.1 Å². The molecule has 4 rings (SSSR count). The van der Waals surface area contributed by atoms with Crippen molar-refractivity contribution in [2.75, 3.05) is 13.6 Å². The van der Waals surface area contributed by atoms with Crippen LogP contribution in [0.2, 0.25) is 0 Å². The minimum Gasteiger partial charge on any atom is -0.389 e. The fourth-order valence-corrected chi connectivity index (χ4v) is 4.52. The van der Waals surface area contributed by atoms with E-state index in [1.807, 2.05) is 6.08 Å². The molecular formula is C19H25NO3. The van der Waals surface area contributed by atoms with Gasteiger partial charge in [-0.2, -0.15) is 0 Å². The first-order chi connectivity index (χ1) is 11.1. The van der Waals surface area contributed by atoms with Crippen molar-refractivity contribution >= 4 is 0 Å². The molecule has 1 aliphatic carbocycles. The SMILES string of the molecule is CN1C[C@@H]2OC(O)C[C@@H]2[C@H]1/C=C/[C@@H](O)C1Cc2ccccc2C1. The Bertz CT molecular complexity index is 577. The molecule has 2 N–H and O–H groups in total. The van der Waals surface area contributed by atoms with Crippen molar-refractivity contribution in [1.29, 1.82) is 0 Å². The van der Waals surface area contributed by atoms with E-state index in [0.717, 1.165) is 19.4 Å². The normalized spacial score (nSPS) is 35.8. The molecule has 2 saturated heterocycles. The van der Waals surface area contributed by atoms with Crippen molar-refractivity contribution in [2.45, 2.75) is 43.8 Å². The van der Waals surface area contributed by atoms with Crippen LogP contribution in [0.25, 0.3) is 0 Å². The zero-order valence-corrected chi connectivity index (χ0v) is 13.5. The lowest BCUT2D eigenvalue weighted by atomic mass is 9.93. The second-order valence-corrected chi connectivity index (χ2v) is 7.27. The molecule has 1 aromatic rings. The number of hydrogen-bond acceptors (Lipinski definition) is 4. The Morgan fingerprint density at radius 2 is 1.96 bits per heavy atom. The lowest BCUT2D eigenvalue weighted by Crippen LogP contribution is -2.29. The average molecular weight is 315 g/mol. The quantitative estimate of drug-likeness (QED) is 0.827. The van der Waals surface area contributed by atoms with Crippen LogP contribution >= 0.6 is 0 Å². The number of likely N-dealkylation sites (N-methyl/N-ethyl adjacent to an activating group) is 1. The Morgan fingerprint density at radius 1 is 1.26 bits per heavy atom. The molecule has 23 heavy (non-hydrogen) atoms. The first-order valence-corrected chi connectivity index (χ1v) is 8.59. The zero-order valence-electron chi connectivity index (χ0n) is 13.5. The molecule has 0 saturated carbocycles. The number of rotatable bonds is 3. The summed E-state index contributed by atoms with van der Waals surface area (Å²) in [6.07, 6.45) is 5.77. The van der Waals surface area contributed by atoms with Gasteiger partial charge in [-0.15, -0.1) is 0 Å². The Kier molecular flexibility index (Phi) is 4.01. The van der Waals surface area contributed by atoms with Gasteiger partial charge in [0.1, 0.15) is 0 Å². The van der Waals surface area contributed by atoms with Crippen LogP contribution in [-0.4, -0.2) is 53.2 Å². The third-order valence-corrected chi connectivity index (χ3v) is 5.77. The van der Waals surface area contributed by atoms with Crippen LogP contribution in [0, 0.1) is 11.8 Å². The molecule has 4 nitrogen and oxygen atoms in total. The smallest absolute Gasteiger partial charge is 0.155 e. The molecule has 2 fully saturated rings. The summed E-state index contributed by atoms with van der Waals surface area (Å²) in [6, 6.07) is 8.72. The highest BCUT2D eigenvalue weighted by atomic mass is 16.6. The molecule has 124 valence electrons. The maximum absolute atomic E-state index is 10.6. The summed E-state index contributed by atoms with van der Waals surface area (Å²) < 4.78 is 5.55. The van der Waals surface area contributed by atoms with Crippen LogP contribution in [0.5, 0.6) is 0 Å². The molecule has 1 unspecified atom stereocenters. The minimum absolute atomic E-state index is 0.123. The number of aliphatic hydroxyl groups excluding tert-OH is 2. The van der Waals surface area contributed by atoms with E-state index in [4.69, 9.17) is 4.74 Å². The van der Waals surface area contributed by atoms with E-state index in [1.165, 1.54) is 11.1 Å². The van der Waals surface area contributed by atoms with Gasteiger partial charge in [-0.05, 0) is 36.9 Å². The van der Waals surface area contributed by atoms with Crippen LogP contribution in [0.4, 0.5) is 0 Å². The summed E-state index contributed by atoms with van der Waals surface area (Å²) >= 11 is 0. The van der Waals surface area contributed by atoms with Crippen LogP contribution < -0.4 is 0 Å². The van der Waals surface area contributed by atoms with Crippen molar-refractivity contribution in [3.8, 4) is 0 Å². The van der Waals surface area contributed by atoms with Crippen molar-refractivity contribution in [2.24, 2.45) is 11.8 Å². The minimum atomic E-state index is -0.621. The average Bonchev–Trinajstić information content (AvgIpc) is 3.17. The number of fused-ring (bicyclic) bond motifs is 2. The Balaban J connectivity index is 1.41. The summed E-state index contributed by atoms with van der Waals surface area (Å²) in [5.74, 6) is 0.607. The maximum Gasteiger partial charge on any atom is 0.155 e. The Hall–Kier alpha value is -1.20. The van der Waals surface area contributed by atoms with Crippen molar-refractivity contribution < 1.29 is 14.9 Å². The van der Waals surface area contributed by atoms with E-state index in [9.17, 15) is 10.2 Å². The highest BCUT2D eigenvalue weighted by Gasteiger charge is 2.45. The van der Waals surface area contributed by atoms with Crippen LogP contribution in [-0.2, 0) is 17.6 Å². The molecule has 0 bridgehead atoms. The van der Waals surface area contributed by atoms with Gasteiger partial charge >= 0.3 is 0 Å². The van der Waals surface area contributed by atoms with E-state index < -0.39 is 12.4 Å². The Morgan fingerprint density at radius 3 is 2.65 bits per heavy atom. The molecule has 0 spiro atoms. The van der Waals surface area contributed by atoms with Gasteiger partial charge in [-0.25, -0.2) is 0 Å². The number of ether oxygens (including phenoxy) is 1. The fraction of sp³-hybridized carbons (Fsp3) is 0.579. The number of benzene rings is 1. The van der Waals surface area contributed by atoms with Gasteiger partial charge in [-0.3, -0.25) is 4.90 Å². The van der Waals surface area contributed by atoms with E-state index in [1.54, 1.807) is 0 Å². The first kappa shape index (κ1) is 15.3. The van der Waals surface area contributed by atoms with Gasteiger partial charge in [-0.1, -0.05) is 36.4 Å². The van der Waals surface area contributed by atoms with Gasteiger partial charge < -0.3 is 14.9 Å². The third-order valence-electron chi connectivity index (χ3n) is 5.77. The van der Waals surface area contributed by atoms with E-state index in [0.29, 0.717) is 12.3 Å². The summed E-state index contributed by atoms with van der Waals surface area (Å²) in [6.45, 7) is 0.849. The molecule has 5 atom stereocenters. The third kappa shape index (κ3) is 2.85. The lowest BCUT2D eigenvalue weighted by Gasteiger charge is -2.21. The highest BCUT2D eigenvalue weighted by Crippen LogP contribution is 2.37. The van der Waals surface area contributed by atoms with Gasteiger partial charge in [0.15, 0.2) is 6.29 Å². The van der Waals surface area contributed by atoms with Crippen LogP contribution in [0.3, 0.4) is 0 Å². The van der Waals surface area contributed by atoms with E-state index in [2.05, 4.69) is 42.3 Å². The summed E-state index contributed by atoms with van der Waals surface area (Å²) in [5, 5.41) is 20.2. The van der Waals surface area contributed by atoms with Crippen molar-refractivity contribution in [3.05, 3.63) is 47.5 Å². The largest absolute Gasteiger partial charge is 0.389 e. The zero-order chi connectivity index (χ0) is 16.0. The van der Waals surface area contributed by atoms with Crippen molar-refractivity contribution in [3.63, 3.8) is 0 Å². The number of aliphatic hydroxyl groups is 2. The van der Waals surface area contributed by atoms with Crippen LogP contribution in [0.15, 0.2) is 36.4 Å². The van der Waals surface area contributed by atoms with E-state index >= 15 is 0 Å². The fourth-order valence-electron chi connectivity index (χ4n) is 4.52. The standard InChI is InChI=1S/C19H25NO3/c1-20-11-18-15(10-19(22)23-18)16(20)6-7-17(21)14-8-12-4-2-3-5-13(12)9-14/h2-7,14-19,21-22H,8-11H2,1H3/b7-6+/t15-,16-,17-,18+,19?/m1/s1. The first-order valence-electron chi connectivity index (χ1n) is 8.59. The molecule has 4 heteroatoms. The van der Waals surface area contributed by atoms with Gasteiger partial charge in [0.2, 0.25) is 0 Å². The Labute approximate surface area is 137 Å². The molecule has 3 aliphatic rings. The lowest BCUT2D eigenvalue weighted by molar-refractivity contribution is -0.0913. The molecule has 1 aromatic carbocycles. The topological polar surface area (TPSA) is 52.9 Å². The maximum atomic E-state index is 10.6. The number of likely N-dealkylation sites (tertiary alicyclic amines) is 1. The molecule has 0 radical (unpaired) electrons. The molecule has 2 aliphatic heterocycles. The monoisotopic (exact) mass is 315 g/mol. The second kappa shape index (κ2) is 6.02. The van der Waals surface area contributed by atoms with Crippen LogP contribution in [0.1, 0.15) is 17.5 Å². The summed E-state index contributed by atoms with van der Waals surface area (Å²) in [5.41, 5.74) is 2.74. The highest BCUT2D eigenvalue weighted by molar-refractivity contribution is 5.33. The summed E-state index contributed by atoms with van der Waals surface area (Å²) in [4.78, 5) is 2.26.